The molecule has 2 unspecified atom stereocenters. The van der Waals surface area contributed by atoms with E-state index in [1.807, 2.05) is 0 Å². The summed E-state index contributed by atoms with van der Waals surface area (Å²) in [5, 5.41) is 13.8. The second-order valence-electron chi connectivity index (χ2n) is 5.47. The van der Waals surface area contributed by atoms with E-state index in [0.29, 0.717) is 5.92 Å². The maximum absolute atomic E-state index is 10.1. The molecule has 1 aliphatic rings. The van der Waals surface area contributed by atoms with Crippen LogP contribution in [0, 0.1) is 11.3 Å². The molecule has 1 N–H and O–H groups in total. The van der Waals surface area contributed by atoms with E-state index in [-0.39, 0.29) is 11.5 Å². The number of azide groups is 1. The molecular formula is C12H23N3O. The molecule has 0 spiro atoms. The van der Waals surface area contributed by atoms with Gasteiger partial charge in [-0.15, -0.1) is 0 Å². The van der Waals surface area contributed by atoms with E-state index in [2.05, 4.69) is 30.8 Å². The van der Waals surface area contributed by atoms with Crippen molar-refractivity contribution in [3.05, 3.63) is 10.4 Å². The van der Waals surface area contributed by atoms with Gasteiger partial charge in [0.05, 0.1) is 12.1 Å². The quantitative estimate of drug-likeness (QED) is 0.330. The molecule has 1 saturated carbocycles. The second kappa shape index (κ2) is 5.55. The van der Waals surface area contributed by atoms with Crippen LogP contribution in [0.4, 0.5) is 0 Å². The standard InChI is InChI=1S/C12H23N3O/c1-4-5-6-7-9-8-10(14-15-13)11(16)12(9,2)3/h9-11,16H,4-8H2,1-3H3/t9?,10?,11-/m0/s1. The molecule has 1 fully saturated rings. The van der Waals surface area contributed by atoms with Gasteiger partial charge in [0.2, 0.25) is 0 Å². The molecular weight excluding hydrogens is 202 g/mol. The number of aliphatic hydroxyl groups is 1. The Morgan fingerprint density at radius 2 is 2.12 bits per heavy atom. The Kier molecular flexibility index (Phi) is 4.63. The van der Waals surface area contributed by atoms with Gasteiger partial charge in [0.15, 0.2) is 0 Å². The predicted molar refractivity (Wildman–Crippen MR) is 65.0 cm³/mol. The monoisotopic (exact) mass is 225 g/mol. The first-order chi connectivity index (χ1) is 7.54. The minimum absolute atomic E-state index is 0.118. The Labute approximate surface area is 97.7 Å². The number of hydrogen-bond donors (Lipinski definition) is 1. The summed E-state index contributed by atoms with van der Waals surface area (Å²) >= 11 is 0. The third-order valence-corrected chi connectivity index (χ3v) is 4.06. The summed E-state index contributed by atoms with van der Waals surface area (Å²) in [6.45, 7) is 6.36. The fraction of sp³-hybridized carbons (Fsp3) is 1.00. The van der Waals surface area contributed by atoms with Gasteiger partial charge in [-0.05, 0) is 29.7 Å². The zero-order valence-corrected chi connectivity index (χ0v) is 10.6. The van der Waals surface area contributed by atoms with Crippen LogP contribution >= 0.6 is 0 Å². The summed E-state index contributed by atoms with van der Waals surface area (Å²) < 4.78 is 0. The highest BCUT2D eigenvalue weighted by molar-refractivity contribution is 5.00. The van der Waals surface area contributed by atoms with Crippen LogP contribution in [0.25, 0.3) is 10.4 Å². The van der Waals surface area contributed by atoms with Crippen LogP contribution in [0.3, 0.4) is 0 Å². The minimum Gasteiger partial charge on any atom is -0.392 e. The number of hydrogen-bond acceptors (Lipinski definition) is 2. The molecule has 0 heterocycles. The first kappa shape index (κ1) is 13.3. The van der Waals surface area contributed by atoms with E-state index in [1.54, 1.807) is 0 Å². The van der Waals surface area contributed by atoms with Crippen molar-refractivity contribution < 1.29 is 5.11 Å². The van der Waals surface area contributed by atoms with E-state index in [0.717, 1.165) is 12.8 Å². The van der Waals surface area contributed by atoms with Crippen LogP contribution in [-0.2, 0) is 0 Å². The van der Waals surface area contributed by atoms with Gasteiger partial charge >= 0.3 is 0 Å². The topological polar surface area (TPSA) is 69.0 Å². The van der Waals surface area contributed by atoms with Crippen molar-refractivity contribution >= 4 is 0 Å². The molecule has 3 atom stereocenters. The molecule has 0 amide bonds. The van der Waals surface area contributed by atoms with E-state index in [1.165, 1.54) is 19.3 Å². The van der Waals surface area contributed by atoms with Crippen LogP contribution in [0.2, 0.25) is 0 Å². The minimum atomic E-state index is -0.491. The molecule has 0 aromatic heterocycles. The normalized spacial score (nSPS) is 32.4. The highest BCUT2D eigenvalue weighted by Gasteiger charge is 2.47. The largest absolute Gasteiger partial charge is 0.392 e. The third-order valence-electron chi connectivity index (χ3n) is 4.06. The number of aliphatic hydroxyl groups excluding tert-OH is 1. The summed E-state index contributed by atoms with van der Waals surface area (Å²) in [5.74, 6) is 0.476. The molecule has 0 aromatic carbocycles. The summed E-state index contributed by atoms with van der Waals surface area (Å²) in [6.07, 6.45) is 5.15. The molecule has 92 valence electrons. The van der Waals surface area contributed by atoms with Crippen molar-refractivity contribution in [1.29, 1.82) is 0 Å². The maximum atomic E-state index is 10.1. The predicted octanol–water partition coefficient (Wildman–Crippen LogP) is 3.65. The van der Waals surface area contributed by atoms with Gasteiger partial charge in [-0.1, -0.05) is 45.1 Å². The Bertz CT molecular complexity index is 271. The zero-order chi connectivity index (χ0) is 12.2. The lowest BCUT2D eigenvalue weighted by molar-refractivity contribution is 0.0438. The second-order valence-corrected chi connectivity index (χ2v) is 5.47. The number of rotatable bonds is 5. The van der Waals surface area contributed by atoms with Crippen molar-refractivity contribution in [3.8, 4) is 0 Å². The van der Waals surface area contributed by atoms with E-state index < -0.39 is 6.10 Å². The average molecular weight is 225 g/mol. The summed E-state index contributed by atoms with van der Waals surface area (Å²) in [7, 11) is 0. The number of nitrogens with zero attached hydrogens (tertiary/aromatic N) is 3. The van der Waals surface area contributed by atoms with E-state index in [4.69, 9.17) is 5.53 Å². The fourth-order valence-electron chi connectivity index (χ4n) is 2.77. The van der Waals surface area contributed by atoms with Crippen LogP contribution in [-0.4, -0.2) is 17.3 Å². The Hall–Kier alpha value is -0.730. The molecule has 4 nitrogen and oxygen atoms in total. The van der Waals surface area contributed by atoms with Gasteiger partial charge in [-0.2, -0.15) is 0 Å². The molecule has 1 rings (SSSR count). The Morgan fingerprint density at radius 3 is 2.69 bits per heavy atom. The Morgan fingerprint density at radius 1 is 1.44 bits per heavy atom. The van der Waals surface area contributed by atoms with Crippen LogP contribution in [0.15, 0.2) is 5.11 Å². The average Bonchev–Trinajstić information content (AvgIpc) is 2.44. The first-order valence-electron chi connectivity index (χ1n) is 6.26. The van der Waals surface area contributed by atoms with Gasteiger partial charge in [-0.25, -0.2) is 0 Å². The van der Waals surface area contributed by atoms with Crippen LogP contribution < -0.4 is 0 Å². The van der Waals surface area contributed by atoms with Gasteiger partial charge in [0, 0.05) is 4.91 Å². The van der Waals surface area contributed by atoms with Gasteiger partial charge in [0.1, 0.15) is 0 Å². The van der Waals surface area contributed by atoms with Crippen molar-refractivity contribution in [2.24, 2.45) is 16.4 Å². The van der Waals surface area contributed by atoms with Crippen molar-refractivity contribution in [2.45, 2.75) is 65.0 Å². The molecule has 16 heavy (non-hydrogen) atoms. The molecule has 0 radical (unpaired) electrons. The molecule has 1 aliphatic carbocycles. The van der Waals surface area contributed by atoms with Gasteiger partial charge in [0.25, 0.3) is 0 Å². The zero-order valence-electron chi connectivity index (χ0n) is 10.6. The molecule has 0 saturated heterocycles. The highest BCUT2D eigenvalue weighted by Crippen LogP contribution is 2.46. The lowest BCUT2D eigenvalue weighted by Gasteiger charge is -2.30. The molecule has 0 bridgehead atoms. The first-order valence-corrected chi connectivity index (χ1v) is 6.26. The van der Waals surface area contributed by atoms with Gasteiger partial charge in [-0.3, -0.25) is 0 Å². The summed E-state index contributed by atoms with van der Waals surface area (Å²) in [5.41, 5.74) is 8.34. The van der Waals surface area contributed by atoms with E-state index >= 15 is 0 Å². The SMILES string of the molecule is CCCCCC1CC(N=[N+]=[N-])[C@H](O)C1(C)C. The molecule has 0 aromatic rings. The van der Waals surface area contributed by atoms with Crippen molar-refractivity contribution in [1.82, 2.24) is 0 Å². The molecule has 0 aliphatic heterocycles. The van der Waals surface area contributed by atoms with Crippen LogP contribution in [0.5, 0.6) is 0 Å². The molecule has 4 heteroatoms. The lowest BCUT2D eigenvalue weighted by Crippen LogP contribution is -2.32. The van der Waals surface area contributed by atoms with Crippen LogP contribution in [0.1, 0.15) is 52.9 Å². The Balaban J connectivity index is 2.61. The summed E-state index contributed by atoms with van der Waals surface area (Å²) in [4.78, 5) is 2.83. The van der Waals surface area contributed by atoms with E-state index in [9.17, 15) is 5.11 Å². The fourth-order valence-corrected chi connectivity index (χ4v) is 2.77. The summed E-state index contributed by atoms with van der Waals surface area (Å²) in [6, 6.07) is -0.230. The number of unbranched alkanes of at least 4 members (excludes halogenated alkanes) is 2. The van der Waals surface area contributed by atoms with Crippen molar-refractivity contribution in [2.75, 3.05) is 0 Å². The maximum Gasteiger partial charge on any atom is 0.0678 e. The smallest absolute Gasteiger partial charge is 0.0678 e. The van der Waals surface area contributed by atoms with Gasteiger partial charge < -0.3 is 5.11 Å². The van der Waals surface area contributed by atoms with Crippen molar-refractivity contribution in [3.63, 3.8) is 0 Å². The lowest BCUT2D eigenvalue weighted by atomic mass is 9.78. The highest BCUT2D eigenvalue weighted by atomic mass is 16.3. The third kappa shape index (κ3) is 2.69.